The van der Waals surface area contributed by atoms with E-state index in [0.29, 0.717) is 28.2 Å². The molecule has 1 N–H and O–H groups in total. The van der Waals surface area contributed by atoms with Crippen LogP contribution < -0.4 is 10.1 Å². The van der Waals surface area contributed by atoms with Gasteiger partial charge in [-0.2, -0.15) is 0 Å². The molecular weight excluding hydrogens is 458 g/mol. The summed E-state index contributed by atoms with van der Waals surface area (Å²) in [6.45, 7) is 2.68. The number of nitrogens with zero attached hydrogens (tertiary/aromatic N) is 4. The number of carbonyl (C=O) groups excluding carboxylic acids is 1. The Balaban J connectivity index is 1.64. The average Bonchev–Trinajstić information content (AvgIpc) is 3.26. The maximum absolute atomic E-state index is 13.4. The van der Waals surface area contributed by atoms with Crippen molar-refractivity contribution in [3.63, 3.8) is 0 Å². The van der Waals surface area contributed by atoms with E-state index in [1.807, 2.05) is 54.0 Å². The van der Waals surface area contributed by atoms with Gasteiger partial charge < -0.3 is 14.6 Å². The second-order valence-electron chi connectivity index (χ2n) is 7.03. The number of methoxy groups -OCH3 is 1. The number of anilines is 1. The summed E-state index contributed by atoms with van der Waals surface area (Å²) in [4.78, 5) is 17.5. The first kappa shape index (κ1) is 22.8. The number of aromatic nitrogens is 4. The van der Waals surface area contributed by atoms with Gasteiger partial charge in [-0.1, -0.05) is 53.7 Å². The second kappa shape index (κ2) is 10.5. The van der Waals surface area contributed by atoms with E-state index in [9.17, 15) is 4.79 Å². The molecule has 9 heteroatoms. The number of amides is 1. The van der Waals surface area contributed by atoms with Gasteiger partial charge in [0.25, 0.3) is 0 Å². The predicted octanol–water partition coefficient (Wildman–Crippen LogP) is 5.49. The minimum Gasteiger partial charge on any atom is -0.495 e. The molecule has 0 aliphatic carbocycles. The Morgan fingerprint density at radius 2 is 1.88 bits per heavy atom. The molecule has 0 radical (unpaired) electrons. The van der Waals surface area contributed by atoms with Crippen molar-refractivity contribution in [3.05, 3.63) is 83.6 Å². The van der Waals surface area contributed by atoms with Crippen molar-refractivity contribution in [2.75, 3.05) is 12.4 Å². The zero-order valence-corrected chi connectivity index (χ0v) is 19.7. The van der Waals surface area contributed by atoms with Crippen LogP contribution in [0.2, 0.25) is 5.02 Å². The van der Waals surface area contributed by atoms with Crippen molar-refractivity contribution in [2.45, 2.75) is 23.9 Å². The summed E-state index contributed by atoms with van der Waals surface area (Å²) >= 11 is 7.58. The van der Waals surface area contributed by atoms with Crippen LogP contribution in [0.4, 0.5) is 5.69 Å². The van der Waals surface area contributed by atoms with E-state index >= 15 is 0 Å². The highest BCUT2D eigenvalue weighted by Gasteiger charge is 2.26. The Labute approximate surface area is 201 Å². The minimum absolute atomic E-state index is 0.191. The van der Waals surface area contributed by atoms with Crippen LogP contribution in [0.3, 0.4) is 0 Å². The average molecular weight is 480 g/mol. The van der Waals surface area contributed by atoms with Gasteiger partial charge in [-0.15, -0.1) is 10.2 Å². The Bertz CT molecular complexity index is 1230. The second-order valence-corrected chi connectivity index (χ2v) is 8.51. The normalized spacial score (nSPS) is 11.7. The van der Waals surface area contributed by atoms with E-state index in [4.69, 9.17) is 16.3 Å². The summed E-state index contributed by atoms with van der Waals surface area (Å²) in [6.07, 6.45) is 3.44. The Morgan fingerprint density at radius 1 is 1.12 bits per heavy atom. The number of nitrogens with one attached hydrogen (secondary N) is 1. The van der Waals surface area contributed by atoms with E-state index in [0.717, 1.165) is 17.0 Å². The van der Waals surface area contributed by atoms with Gasteiger partial charge in [-0.25, -0.2) is 0 Å². The summed E-state index contributed by atoms with van der Waals surface area (Å²) in [7, 11) is 1.55. The zero-order valence-electron chi connectivity index (χ0n) is 18.1. The maximum Gasteiger partial charge on any atom is 0.242 e. The van der Waals surface area contributed by atoms with Crippen LogP contribution in [-0.4, -0.2) is 32.8 Å². The molecule has 0 aliphatic heterocycles. The maximum atomic E-state index is 13.4. The molecule has 7 nitrogen and oxygen atoms in total. The molecule has 2 heterocycles. The molecule has 0 saturated heterocycles. The van der Waals surface area contributed by atoms with Crippen molar-refractivity contribution in [1.82, 2.24) is 19.7 Å². The first-order valence-corrected chi connectivity index (χ1v) is 11.6. The third-order valence-corrected chi connectivity index (χ3v) is 6.48. The topological polar surface area (TPSA) is 81.9 Å². The van der Waals surface area contributed by atoms with Crippen LogP contribution in [0, 0.1) is 0 Å². The van der Waals surface area contributed by atoms with Gasteiger partial charge in [0.05, 0.1) is 12.1 Å². The van der Waals surface area contributed by atoms with Crippen molar-refractivity contribution >= 4 is 35.0 Å². The molecule has 0 bridgehead atoms. The quantitative estimate of drug-likeness (QED) is 0.336. The van der Waals surface area contributed by atoms with Crippen molar-refractivity contribution < 1.29 is 9.53 Å². The minimum atomic E-state index is -0.549. The Kier molecular flexibility index (Phi) is 7.26. The molecule has 168 valence electrons. The Hall–Kier alpha value is -3.36. The fourth-order valence-corrected chi connectivity index (χ4v) is 4.69. The largest absolute Gasteiger partial charge is 0.495 e. The molecule has 2 aromatic carbocycles. The number of hydrogen-bond donors (Lipinski definition) is 1. The predicted molar refractivity (Wildman–Crippen MR) is 131 cm³/mol. The van der Waals surface area contributed by atoms with Gasteiger partial charge in [-0.3, -0.25) is 9.78 Å². The lowest BCUT2D eigenvalue weighted by atomic mass is 10.1. The first-order chi connectivity index (χ1) is 16.1. The highest BCUT2D eigenvalue weighted by molar-refractivity contribution is 8.00. The van der Waals surface area contributed by atoms with Gasteiger partial charge in [0, 0.05) is 30.2 Å². The molecule has 1 unspecified atom stereocenters. The number of thioether (sulfide) groups is 1. The number of benzene rings is 2. The van der Waals surface area contributed by atoms with Crippen LogP contribution in [0.25, 0.3) is 11.4 Å². The summed E-state index contributed by atoms with van der Waals surface area (Å²) in [5.74, 6) is 1.09. The lowest BCUT2D eigenvalue weighted by Gasteiger charge is -2.17. The van der Waals surface area contributed by atoms with Gasteiger partial charge in [0.2, 0.25) is 5.91 Å². The van der Waals surface area contributed by atoms with E-state index in [1.165, 1.54) is 11.8 Å². The summed E-state index contributed by atoms with van der Waals surface area (Å²) in [5, 5.41) is 12.3. The first-order valence-electron chi connectivity index (χ1n) is 10.3. The standard InChI is InChI=1S/C24H22ClN5O2S/c1-3-30-22(17-11-13-26-14-12-17)28-29-24(30)33-21(16-7-5-4-6-8-16)23(31)27-18-9-10-20(32-2)19(25)15-18/h4-15,21H,3H2,1-2H3,(H,27,31). The fourth-order valence-electron chi connectivity index (χ4n) is 3.33. The fraction of sp³-hybridized carbons (Fsp3) is 0.167. The zero-order chi connectivity index (χ0) is 23.2. The number of ether oxygens (including phenoxy) is 1. The third kappa shape index (κ3) is 5.18. The monoisotopic (exact) mass is 479 g/mol. The number of rotatable bonds is 8. The molecule has 4 aromatic rings. The van der Waals surface area contributed by atoms with Gasteiger partial charge >= 0.3 is 0 Å². The number of halogens is 1. The number of hydrogen-bond acceptors (Lipinski definition) is 6. The van der Waals surface area contributed by atoms with Crippen LogP contribution in [-0.2, 0) is 11.3 Å². The third-order valence-electron chi connectivity index (χ3n) is 4.95. The summed E-state index contributed by atoms with van der Waals surface area (Å²) in [6, 6.07) is 18.5. The van der Waals surface area contributed by atoms with E-state index in [-0.39, 0.29) is 5.91 Å². The van der Waals surface area contributed by atoms with Gasteiger partial charge in [0.15, 0.2) is 11.0 Å². The van der Waals surface area contributed by atoms with Crippen molar-refractivity contribution in [1.29, 1.82) is 0 Å². The van der Waals surface area contributed by atoms with Crippen LogP contribution >= 0.6 is 23.4 Å². The van der Waals surface area contributed by atoms with Crippen LogP contribution in [0.1, 0.15) is 17.7 Å². The van der Waals surface area contributed by atoms with Gasteiger partial charge in [-0.05, 0) is 42.8 Å². The molecule has 33 heavy (non-hydrogen) atoms. The summed E-state index contributed by atoms with van der Waals surface area (Å²) in [5.41, 5.74) is 2.36. The lowest BCUT2D eigenvalue weighted by Crippen LogP contribution is -2.19. The smallest absolute Gasteiger partial charge is 0.242 e. The summed E-state index contributed by atoms with van der Waals surface area (Å²) < 4.78 is 7.19. The molecule has 0 saturated carbocycles. The highest BCUT2D eigenvalue weighted by atomic mass is 35.5. The lowest BCUT2D eigenvalue weighted by molar-refractivity contribution is -0.115. The molecule has 1 amide bonds. The molecule has 1 atom stereocenters. The van der Waals surface area contributed by atoms with E-state index < -0.39 is 5.25 Å². The molecule has 0 aliphatic rings. The molecule has 0 spiro atoms. The van der Waals surface area contributed by atoms with E-state index in [1.54, 1.807) is 37.7 Å². The molecule has 0 fully saturated rings. The molecule has 4 rings (SSSR count). The molecular formula is C24H22ClN5O2S. The SMILES string of the molecule is CCn1c(SC(C(=O)Nc2ccc(OC)c(Cl)c2)c2ccccc2)nnc1-c1ccncc1. The Morgan fingerprint density at radius 3 is 2.55 bits per heavy atom. The highest BCUT2D eigenvalue weighted by Crippen LogP contribution is 2.37. The van der Waals surface area contributed by atoms with Gasteiger partial charge in [0.1, 0.15) is 11.0 Å². The number of carbonyl (C=O) groups is 1. The van der Waals surface area contributed by atoms with Crippen molar-refractivity contribution in [3.8, 4) is 17.1 Å². The van der Waals surface area contributed by atoms with Crippen LogP contribution in [0.5, 0.6) is 5.75 Å². The van der Waals surface area contributed by atoms with E-state index in [2.05, 4.69) is 20.5 Å². The molecule has 2 aromatic heterocycles. The van der Waals surface area contributed by atoms with Crippen molar-refractivity contribution in [2.24, 2.45) is 0 Å². The van der Waals surface area contributed by atoms with Crippen LogP contribution in [0.15, 0.2) is 78.2 Å². The number of pyridine rings is 1.